The third-order valence-corrected chi connectivity index (χ3v) is 4.81. The van der Waals surface area contributed by atoms with E-state index in [4.69, 9.17) is 4.74 Å². The molecule has 0 bridgehead atoms. The monoisotopic (exact) mass is 340 g/mol. The number of alkyl carbamates (subject to hydrolysis) is 1. The zero-order valence-corrected chi connectivity index (χ0v) is 13.9. The van der Waals surface area contributed by atoms with Crippen molar-refractivity contribution in [3.63, 3.8) is 0 Å². The van der Waals surface area contributed by atoms with Gasteiger partial charge in [0.15, 0.2) is 0 Å². The standard InChI is InChI=1S/C18H20N4O3/c23-15(22-9-4-7-18(13-22)12-20-17(24)25-18)11-21-10-8-19-16(21)14-5-2-1-3-6-14/h1-3,5-6,8,10H,4,7,9,11-13H2,(H,20,24). The van der Waals surface area contributed by atoms with Crippen LogP contribution in [0.15, 0.2) is 42.7 Å². The maximum atomic E-state index is 12.8. The second-order valence-corrected chi connectivity index (χ2v) is 6.59. The van der Waals surface area contributed by atoms with Crippen LogP contribution in [0.1, 0.15) is 12.8 Å². The van der Waals surface area contributed by atoms with Gasteiger partial charge in [-0.25, -0.2) is 9.78 Å². The number of amides is 2. The van der Waals surface area contributed by atoms with E-state index in [0.717, 1.165) is 24.2 Å². The van der Waals surface area contributed by atoms with Crippen LogP contribution in [0.2, 0.25) is 0 Å². The molecule has 7 heteroatoms. The number of benzene rings is 1. The van der Waals surface area contributed by atoms with Crippen molar-refractivity contribution in [2.45, 2.75) is 25.0 Å². The van der Waals surface area contributed by atoms with Crippen LogP contribution in [-0.2, 0) is 16.1 Å². The normalized spacial score (nSPS) is 22.7. The molecule has 7 nitrogen and oxygen atoms in total. The third kappa shape index (κ3) is 3.09. The first-order valence-corrected chi connectivity index (χ1v) is 8.46. The number of ether oxygens (including phenoxy) is 1. The van der Waals surface area contributed by atoms with Gasteiger partial charge in [0.05, 0.1) is 13.1 Å². The van der Waals surface area contributed by atoms with Gasteiger partial charge >= 0.3 is 6.09 Å². The molecule has 1 unspecified atom stereocenters. The number of carbonyl (C=O) groups is 2. The highest BCUT2D eigenvalue weighted by Crippen LogP contribution is 2.28. The average molecular weight is 340 g/mol. The van der Waals surface area contributed by atoms with E-state index >= 15 is 0 Å². The summed E-state index contributed by atoms with van der Waals surface area (Å²) in [5.74, 6) is 0.784. The molecular weight excluding hydrogens is 320 g/mol. The van der Waals surface area contributed by atoms with E-state index in [-0.39, 0.29) is 12.5 Å². The summed E-state index contributed by atoms with van der Waals surface area (Å²) in [6, 6.07) is 9.80. The van der Waals surface area contributed by atoms with Crippen LogP contribution in [0.5, 0.6) is 0 Å². The average Bonchev–Trinajstić information content (AvgIpc) is 3.23. The molecule has 2 aliphatic rings. The summed E-state index contributed by atoms with van der Waals surface area (Å²) in [4.78, 5) is 30.4. The Labute approximate surface area is 145 Å². The fourth-order valence-electron chi connectivity index (χ4n) is 3.57. The fourth-order valence-corrected chi connectivity index (χ4v) is 3.57. The molecule has 2 fully saturated rings. The summed E-state index contributed by atoms with van der Waals surface area (Å²) < 4.78 is 7.29. The van der Waals surface area contributed by atoms with Crippen LogP contribution < -0.4 is 5.32 Å². The molecule has 25 heavy (non-hydrogen) atoms. The van der Waals surface area contributed by atoms with Gasteiger partial charge in [-0.3, -0.25) is 4.79 Å². The van der Waals surface area contributed by atoms with Crippen LogP contribution in [0.4, 0.5) is 4.79 Å². The zero-order valence-electron chi connectivity index (χ0n) is 13.9. The highest BCUT2D eigenvalue weighted by molar-refractivity contribution is 5.77. The lowest BCUT2D eigenvalue weighted by molar-refractivity contribution is -0.137. The Kier molecular flexibility index (Phi) is 3.91. The number of aromatic nitrogens is 2. The molecular formula is C18H20N4O3. The maximum Gasteiger partial charge on any atom is 0.407 e. The Morgan fingerprint density at radius 2 is 2.16 bits per heavy atom. The van der Waals surface area contributed by atoms with Gasteiger partial charge in [-0.1, -0.05) is 30.3 Å². The van der Waals surface area contributed by atoms with Gasteiger partial charge in [-0.2, -0.15) is 0 Å². The molecule has 0 aliphatic carbocycles. The third-order valence-electron chi connectivity index (χ3n) is 4.81. The number of hydrogen-bond acceptors (Lipinski definition) is 4. The lowest BCUT2D eigenvalue weighted by Crippen LogP contribution is -2.52. The van der Waals surface area contributed by atoms with Crippen LogP contribution >= 0.6 is 0 Å². The second kappa shape index (κ2) is 6.23. The second-order valence-electron chi connectivity index (χ2n) is 6.59. The van der Waals surface area contributed by atoms with Crippen molar-refractivity contribution < 1.29 is 14.3 Å². The quantitative estimate of drug-likeness (QED) is 0.922. The summed E-state index contributed by atoms with van der Waals surface area (Å²) in [5.41, 5.74) is 0.409. The van der Waals surface area contributed by atoms with Crippen molar-refractivity contribution >= 4 is 12.0 Å². The molecule has 2 aromatic rings. The highest BCUT2D eigenvalue weighted by atomic mass is 16.6. The van der Waals surface area contributed by atoms with E-state index in [9.17, 15) is 9.59 Å². The van der Waals surface area contributed by atoms with Gasteiger partial charge in [-0.05, 0) is 12.8 Å². The van der Waals surface area contributed by atoms with Crippen molar-refractivity contribution in [3.05, 3.63) is 42.7 Å². The van der Waals surface area contributed by atoms with E-state index in [1.165, 1.54) is 0 Å². The lowest BCUT2D eigenvalue weighted by atomic mass is 9.93. The Balaban J connectivity index is 1.48. The topological polar surface area (TPSA) is 76.5 Å². The van der Waals surface area contributed by atoms with Gasteiger partial charge in [-0.15, -0.1) is 0 Å². The van der Waals surface area contributed by atoms with Crippen molar-refractivity contribution in [1.29, 1.82) is 0 Å². The van der Waals surface area contributed by atoms with Gasteiger partial charge in [0.25, 0.3) is 0 Å². The molecule has 2 aliphatic heterocycles. The summed E-state index contributed by atoms with van der Waals surface area (Å²) in [6.07, 6.45) is 4.74. The number of nitrogens with zero attached hydrogens (tertiary/aromatic N) is 3. The summed E-state index contributed by atoms with van der Waals surface area (Å²) >= 11 is 0. The number of likely N-dealkylation sites (tertiary alicyclic amines) is 1. The van der Waals surface area contributed by atoms with E-state index in [0.29, 0.717) is 19.6 Å². The van der Waals surface area contributed by atoms with Crippen molar-refractivity contribution in [3.8, 4) is 11.4 Å². The first-order chi connectivity index (χ1) is 12.2. The van der Waals surface area contributed by atoms with Crippen LogP contribution in [0.3, 0.4) is 0 Å². The fraction of sp³-hybridized carbons (Fsp3) is 0.389. The van der Waals surface area contributed by atoms with Gasteiger partial charge in [0.1, 0.15) is 18.0 Å². The van der Waals surface area contributed by atoms with Crippen LogP contribution in [0, 0.1) is 0 Å². The van der Waals surface area contributed by atoms with E-state index in [2.05, 4.69) is 10.3 Å². The first-order valence-electron chi connectivity index (χ1n) is 8.46. The molecule has 130 valence electrons. The Bertz CT molecular complexity index is 789. The Morgan fingerprint density at radius 1 is 1.32 bits per heavy atom. The Hall–Kier alpha value is -2.83. The summed E-state index contributed by atoms with van der Waals surface area (Å²) in [5, 5.41) is 2.70. The minimum atomic E-state index is -0.567. The minimum absolute atomic E-state index is 0.0113. The molecule has 4 rings (SSSR count). The van der Waals surface area contributed by atoms with Gasteiger partial charge < -0.3 is 19.5 Å². The van der Waals surface area contributed by atoms with Gasteiger partial charge in [0.2, 0.25) is 5.91 Å². The first kappa shape index (κ1) is 15.7. The van der Waals surface area contributed by atoms with Crippen molar-refractivity contribution in [2.24, 2.45) is 0 Å². The molecule has 1 spiro atoms. The number of hydrogen-bond donors (Lipinski definition) is 1. The predicted molar refractivity (Wildman–Crippen MR) is 90.7 cm³/mol. The number of imidazole rings is 1. The maximum absolute atomic E-state index is 12.8. The molecule has 2 saturated heterocycles. The van der Waals surface area contributed by atoms with Crippen LogP contribution in [-0.4, -0.2) is 51.7 Å². The lowest BCUT2D eigenvalue weighted by Gasteiger charge is -2.38. The molecule has 0 saturated carbocycles. The number of carbonyl (C=O) groups excluding carboxylic acids is 2. The molecule has 1 aromatic carbocycles. The van der Waals surface area contributed by atoms with E-state index < -0.39 is 11.7 Å². The van der Waals surface area contributed by atoms with E-state index in [1.54, 1.807) is 11.1 Å². The molecule has 3 heterocycles. The molecule has 2 amide bonds. The van der Waals surface area contributed by atoms with E-state index in [1.807, 2.05) is 41.1 Å². The molecule has 1 N–H and O–H groups in total. The minimum Gasteiger partial charge on any atom is -0.439 e. The van der Waals surface area contributed by atoms with Crippen LogP contribution in [0.25, 0.3) is 11.4 Å². The summed E-state index contributed by atoms with van der Waals surface area (Å²) in [7, 11) is 0. The number of rotatable bonds is 3. The largest absolute Gasteiger partial charge is 0.439 e. The summed E-state index contributed by atoms with van der Waals surface area (Å²) in [6.45, 7) is 1.82. The molecule has 1 aromatic heterocycles. The smallest absolute Gasteiger partial charge is 0.407 e. The van der Waals surface area contributed by atoms with Gasteiger partial charge in [0, 0.05) is 24.5 Å². The zero-order chi connectivity index (χ0) is 17.3. The van der Waals surface area contributed by atoms with Crippen molar-refractivity contribution in [2.75, 3.05) is 19.6 Å². The number of piperidine rings is 1. The number of nitrogens with one attached hydrogen (secondary N) is 1. The molecule has 0 radical (unpaired) electrons. The predicted octanol–water partition coefficient (Wildman–Crippen LogP) is 1.65. The molecule has 1 atom stereocenters. The van der Waals surface area contributed by atoms with Crippen molar-refractivity contribution in [1.82, 2.24) is 19.8 Å². The SMILES string of the molecule is O=C1NCC2(CCCN(C(=O)Cn3ccnc3-c3ccccc3)C2)O1. The Morgan fingerprint density at radius 3 is 2.92 bits per heavy atom. The highest BCUT2D eigenvalue weighted by Gasteiger charge is 2.44.